The van der Waals surface area contributed by atoms with E-state index in [0.29, 0.717) is 18.6 Å². The summed E-state index contributed by atoms with van der Waals surface area (Å²) in [4.78, 5) is 31.6. The van der Waals surface area contributed by atoms with E-state index in [1.165, 1.54) is 6.08 Å². The van der Waals surface area contributed by atoms with Crippen LogP contribution in [0.15, 0.2) is 11.6 Å². The Hall–Kier alpha value is -1.85. The highest BCUT2D eigenvalue weighted by molar-refractivity contribution is 6.16. The summed E-state index contributed by atoms with van der Waals surface area (Å²) in [5.74, 6) is -0.542. The maximum atomic E-state index is 10.6. The average molecular weight is 256 g/mol. The molecule has 102 valence electrons. The van der Waals surface area contributed by atoms with Crippen LogP contribution in [0, 0.1) is 0 Å². The van der Waals surface area contributed by atoms with Gasteiger partial charge in [0.05, 0.1) is 6.61 Å². The molecule has 0 aromatic heterocycles. The van der Waals surface area contributed by atoms with E-state index in [1.54, 1.807) is 6.92 Å². The molecule has 2 N–H and O–H groups in total. The lowest BCUT2D eigenvalue weighted by Gasteiger charge is -2.06. The number of imide groups is 1. The smallest absolute Gasteiger partial charge is 0.407 e. The molecule has 6 nitrogen and oxygen atoms in total. The zero-order chi connectivity index (χ0) is 14.1. The van der Waals surface area contributed by atoms with Gasteiger partial charge in [0.2, 0.25) is 0 Å². The Morgan fingerprint density at radius 1 is 1.39 bits per heavy atom. The Kier molecular flexibility index (Phi) is 7.42. The van der Waals surface area contributed by atoms with Crippen molar-refractivity contribution < 1.29 is 19.1 Å². The maximum Gasteiger partial charge on any atom is 0.407 e. The minimum Gasteiger partial charge on any atom is -0.450 e. The van der Waals surface area contributed by atoms with Gasteiger partial charge >= 0.3 is 6.09 Å². The number of carbonyl (C=O) groups excluding carboxylic acids is 3. The van der Waals surface area contributed by atoms with Gasteiger partial charge in [0.1, 0.15) is 0 Å². The van der Waals surface area contributed by atoms with Crippen molar-refractivity contribution in [3.8, 4) is 0 Å². The molecule has 0 atom stereocenters. The normalized spacial score (nSPS) is 13.5. The van der Waals surface area contributed by atoms with Crippen molar-refractivity contribution in [1.82, 2.24) is 10.6 Å². The molecule has 0 fully saturated rings. The van der Waals surface area contributed by atoms with Gasteiger partial charge in [-0.2, -0.15) is 0 Å². The van der Waals surface area contributed by atoms with Gasteiger partial charge in [-0.25, -0.2) is 4.79 Å². The number of ether oxygens (including phenoxy) is 1. The molecule has 18 heavy (non-hydrogen) atoms. The molecule has 3 amide bonds. The lowest BCUT2D eigenvalue weighted by atomic mass is 10.2. The summed E-state index contributed by atoms with van der Waals surface area (Å²) >= 11 is 0. The molecule has 0 saturated carbocycles. The zero-order valence-electron chi connectivity index (χ0n) is 11.2. The second-order valence-electron chi connectivity index (χ2n) is 3.86. The van der Waals surface area contributed by atoms with Crippen LogP contribution < -0.4 is 10.6 Å². The van der Waals surface area contributed by atoms with E-state index in [4.69, 9.17) is 0 Å². The Morgan fingerprint density at radius 3 is 2.28 bits per heavy atom. The summed E-state index contributed by atoms with van der Waals surface area (Å²) in [7, 11) is 0. The Labute approximate surface area is 107 Å². The van der Waals surface area contributed by atoms with E-state index < -0.39 is 0 Å². The first-order valence-corrected chi connectivity index (χ1v) is 5.89. The van der Waals surface area contributed by atoms with E-state index >= 15 is 0 Å². The predicted octanol–water partition coefficient (Wildman–Crippen LogP) is 1.12. The van der Waals surface area contributed by atoms with Crippen molar-refractivity contribution in [3.63, 3.8) is 0 Å². The molecular weight excluding hydrogens is 236 g/mol. The summed E-state index contributed by atoms with van der Waals surface area (Å²) in [6, 6.07) is 0.157. The first-order valence-electron chi connectivity index (χ1n) is 5.89. The summed E-state index contributed by atoms with van der Waals surface area (Å²) < 4.78 is 4.60. The topological polar surface area (TPSA) is 84.5 Å². The quantitative estimate of drug-likeness (QED) is 0.741. The lowest BCUT2D eigenvalue weighted by molar-refractivity contribution is -0.123. The number of carbonyl (C=O) groups is 3. The molecule has 1 rings (SSSR count). The van der Waals surface area contributed by atoms with Gasteiger partial charge < -0.3 is 10.1 Å². The number of hydrogen-bond acceptors (Lipinski definition) is 4. The zero-order valence-corrected chi connectivity index (χ0v) is 11.2. The van der Waals surface area contributed by atoms with Gasteiger partial charge in [-0.15, -0.1) is 0 Å². The molecule has 0 aliphatic carbocycles. The monoisotopic (exact) mass is 256 g/mol. The van der Waals surface area contributed by atoms with Crippen LogP contribution in [-0.4, -0.2) is 30.6 Å². The van der Waals surface area contributed by atoms with Crippen LogP contribution in [0.1, 0.15) is 34.1 Å². The number of amides is 3. The first-order chi connectivity index (χ1) is 8.40. The standard InChI is InChI=1S/C6H7NO2.C6H13NO2/c1-2-4-3-5(8)7-6(4)9;1-4-9-6(8)7-5(2)3/h3H,2H2,1H3,(H,7,8,9);5H,4H2,1-3H3,(H,7,8). The molecule has 1 aliphatic heterocycles. The average Bonchev–Trinajstić information content (AvgIpc) is 2.57. The molecule has 0 unspecified atom stereocenters. The number of hydrogen-bond donors (Lipinski definition) is 2. The maximum absolute atomic E-state index is 10.6. The van der Waals surface area contributed by atoms with Crippen LogP contribution in [-0.2, 0) is 14.3 Å². The van der Waals surface area contributed by atoms with E-state index in [1.807, 2.05) is 20.8 Å². The highest BCUT2D eigenvalue weighted by Crippen LogP contribution is 2.04. The fraction of sp³-hybridized carbons (Fsp3) is 0.583. The summed E-state index contributed by atoms with van der Waals surface area (Å²) in [5, 5.41) is 4.73. The predicted molar refractivity (Wildman–Crippen MR) is 66.8 cm³/mol. The molecular formula is C12H20N2O4. The van der Waals surface area contributed by atoms with Crippen LogP contribution in [0.3, 0.4) is 0 Å². The molecule has 0 bridgehead atoms. The van der Waals surface area contributed by atoms with Crippen LogP contribution in [0.5, 0.6) is 0 Å². The fourth-order valence-corrected chi connectivity index (χ4v) is 1.12. The van der Waals surface area contributed by atoms with E-state index in [9.17, 15) is 14.4 Å². The van der Waals surface area contributed by atoms with Crippen molar-refractivity contribution in [2.75, 3.05) is 6.61 Å². The van der Waals surface area contributed by atoms with Crippen LogP contribution in [0.2, 0.25) is 0 Å². The number of nitrogens with one attached hydrogen (secondary N) is 2. The van der Waals surface area contributed by atoms with Gasteiger partial charge in [0.25, 0.3) is 11.8 Å². The van der Waals surface area contributed by atoms with E-state index in [-0.39, 0.29) is 23.9 Å². The summed E-state index contributed by atoms with van der Waals surface area (Å²) in [6.45, 7) is 7.82. The van der Waals surface area contributed by atoms with Crippen LogP contribution in [0.25, 0.3) is 0 Å². The minimum atomic E-state index is -0.340. The van der Waals surface area contributed by atoms with Crippen molar-refractivity contribution in [2.24, 2.45) is 0 Å². The van der Waals surface area contributed by atoms with Crippen molar-refractivity contribution in [1.29, 1.82) is 0 Å². The van der Waals surface area contributed by atoms with Gasteiger partial charge in [-0.3, -0.25) is 14.9 Å². The lowest BCUT2D eigenvalue weighted by Crippen LogP contribution is -2.30. The number of rotatable bonds is 3. The van der Waals surface area contributed by atoms with Crippen LogP contribution >= 0.6 is 0 Å². The summed E-state index contributed by atoms with van der Waals surface area (Å²) in [5.41, 5.74) is 0.569. The Bertz CT molecular complexity index is 348. The molecule has 0 radical (unpaired) electrons. The Morgan fingerprint density at radius 2 is 2.00 bits per heavy atom. The summed E-state index contributed by atoms with van der Waals surface area (Å²) in [6.07, 6.45) is 1.62. The van der Waals surface area contributed by atoms with Crippen molar-refractivity contribution >= 4 is 17.9 Å². The molecule has 6 heteroatoms. The van der Waals surface area contributed by atoms with E-state index in [0.717, 1.165) is 0 Å². The Balaban J connectivity index is 0.000000321. The van der Waals surface area contributed by atoms with Gasteiger partial charge in [0, 0.05) is 17.7 Å². The highest BCUT2D eigenvalue weighted by Gasteiger charge is 2.17. The SMILES string of the molecule is CCC1=CC(=O)NC1=O.CCOC(=O)NC(C)C. The molecule has 0 aromatic rings. The van der Waals surface area contributed by atoms with Gasteiger partial charge in [-0.1, -0.05) is 6.92 Å². The molecule has 1 heterocycles. The molecule has 0 spiro atoms. The van der Waals surface area contributed by atoms with Crippen molar-refractivity contribution in [3.05, 3.63) is 11.6 Å². The second-order valence-corrected chi connectivity index (χ2v) is 3.86. The largest absolute Gasteiger partial charge is 0.450 e. The van der Waals surface area contributed by atoms with Gasteiger partial charge in [-0.05, 0) is 27.2 Å². The highest BCUT2D eigenvalue weighted by atomic mass is 16.5. The third-order valence-corrected chi connectivity index (χ3v) is 1.90. The van der Waals surface area contributed by atoms with E-state index in [2.05, 4.69) is 15.4 Å². The fourth-order valence-electron chi connectivity index (χ4n) is 1.12. The number of alkyl carbamates (subject to hydrolysis) is 1. The molecule has 1 aliphatic rings. The molecule has 0 saturated heterocycles. The van der Waals surface area contributed by atoms with Gasteiger partial charge in [0.15, 0.2) is 0 Å². The van der Waals surface area contributed by atoms with Crippen LogP contribution in [0.4, 0.5) is 4.79 Å². The third-order valence-electron chi connectivity index (χ3n) is 1.90. The third kappa shape index (κ3) is 6.67. The second kappa shape index (κ2) is 8.27. The van der Waals surface area contributed by atoms with Crippen molar-refractivity contribution in [2.45, 2.75) is 40.2 Å². The molecule has 0 aromatic carbocycles. The first kappa shape index (κ1) is 16.1. The minimum absolute atomic E-state index is 0.157.